The molecule has 0 unspecified atom stereocenters. The summed E-state index contributed by atoms with van der Waals surface area (Å²) >= 11 is 2.36. The van der Waals surface area contributed by atoms with Crippen LogP contribution in [-0.4, -0.2) is 30.2 Å². The van der Waals surface area contributed by atoms with E-state index in [9.17, 15) is 0 Å². The quantitative estimate of drug-likeness (QED) is 0.364. The van der Waals surface area contributed by atoms with Crippen molar-refractivity contribution in [2.75, 3.05) is 25.3 Å². The van der Waals surface area contributed by atoms with Crippen molar-refractivity contribution in [2.24, 2.45) is 0 Å². The molecule has 0 heterocycles. The van der Waals surface area contributed by atoms with Crippen LogP contribution in [0.2, 0.25) is 0 Å². The summed E-state index contributed by atoms with van der Waals surface area (Å²) in [4.78, 5) is 2.23. The first-order chi connectivity index (χ1) is 14.2. The molecule has 0 atom stereocenters. The maximum atomic E-state index is 5.93. The molecule has 3 rings (SSSR count). The first-order valence-corrected chi connectivity index (χ1v) is 11.4. The van der Waals surface area contributed by atoms with Crippen LogP contribution in [0.1, 0.15) is 30.0 Å². The zero-order valence-corrected chi connectivity index (χ0v) is 19.0. The van der Waals surface area contributed by atoms with E-state index >= 15 is 0 Å². The molecule has 0 saturated carbocycles. The van der Waals surface area contributed by atoms with Gasteiger partial charge in [0, 0.05) is 0 Å². The van der Waals surface area contributed by atoms with Crippen LogP contribution in [0.15, 0.2) is 84.9 Å². The van der Waals surface area contributed by atoms with Gasteiger partial charge in [0.2, 0.25) is 0 Å². The van der Waals surface area contributed by atoms with E-state index in [0.717, 1.165) is 23.8 Å². The van der Waals surface area contributed by atoms with E-state index in [1.54, 1.807) is 0 Å². The summed E-state index contributed by atoms with van der Waals surface area (Å²) in [6, 6.07) is 29.9. The van der Waals surface area contributed by atoms with E-state index in [0.29, 0.717) is 6.61 Å². The fourth-order valence-electron chi connectivity index (χ4n) is 3.38. The molecule has 2 nitrogen and oxygen atoms in total. The van der Waals surface area contributed by atoms with Crippen molar-refractivity contribution < 1.29 is 23.6 Å². The summed E-state index contributed by atoms with van der Waals surface area (Å²) in [6.45, 7) is 3.85. The minimum Gasteiger partial charge on any atom is -0.0622 e. The molecule has 0 aliphatic rings. The SMILES string of the molecule is CC/C(=C(\c1ccccc1)c1ccc(OCCN(C)[CH2][Tc])cc1)c1ccccc1. The number of nitrogens with zero attached hydrogens (tertiary/aromatic N) is 1. The molecule has 0 aliphatic heterocycles. The Labute approximate surface area is 185 Å². The van der Waals surface area contributed by atoms with Crippen molar-refractivity contribution in [3.8, 4) is 5.75 Å². The van der Waals surface area contributed by atoms with Gasteiger partial charge in [0.25, 0.3) is 0 Å². The van der Waals surface area contributed by atoms with Gasteiger partial charge in [0.15, 0.2) is 0 Å². The molecule has 0 radical (unpaired) electrons. The molecule has 3 heteroatoms. The number of benzene rings is 3. The molecular formula is C26H28NOTc. The zero-order chi connectivity index (χ0) is 20.5. The van der Waals surface area contributed by atoms with E-state index in [4.69, 9.17) is 4.74 Å². The molecule has 29 heavy (non-hydrogen) atoms. The van der Waals surface area contributed by atoms with Gasteiger partial charge in [-0.2, -0.15) is 0 Å². The molecule has 0 aliphatic carbocycles. The Balaban J connectivity index is 1.94. The third-order valence-corrected chi connectivity index (χ3v) is 5.93. The van der Waals surface area contributed by atoms with Gasteiger partial charge in [-0.3, -0.25) is 0 Å². The van der Waals surface area contributed by atoms with E-state index in [1.165, 1.54) is 27.8 Å². The van der Waals surface area contributed by atoms with Crippen LogP contribution in [0.25, 0.3) is 11.1 Å². The second kappa shape index (κ2) is 11.1. The zero-order valence-electron chi connectivity index (χ0n) is 17.1. The predicted octanol–water partition coefficient (Wildman–Crippen LogP) is 5.87. The summed E-state index contributed by atoms with van der Waals surface area (Å²) in [5.74, 6) is 0.917. The van der Waals surface area contributed by atoms with Gasteiger partial charge < -0.3 is 0 Å². The normalized spacial score (nSPS) is 12.0. The second-order valence-corrected chi connectivity index (χ2v) is 7.60. The number of likely N-dealkylation sites (N-methyl/N-ethyl adjacent to an activating group) is 1. The van der Waals surface area contributed by atoms with E-state index in [-0.39, 0.29) is 0 Å². The topological polar surface area (TPSA) is 12.5 Å². The Morgan fingerprint density at radius 1 is 0.793 bits per heavy atom. The summed E-state index contributed by atoms with van der Waals surface area (Å²) < 4.78 is 5.93. The van der Waals surface area contributed by atoms with Gasteiger partial charge >= 0.3 is 130 Å². The predicted molar refractivity (Wildman–Crippen MR) is 119 cm³/mol. The summed E-state index contributed by atoms with van der Waals surface area (Å²) in [7, 11) is 2.10. The van der Waals surface area contributed by atoms with Crippen molar-refractivity contribution in [2.45, 2.75) is 13.3 Å². The first kappa shape index (κ1) is 21.5. The molecule has 3 aromatic carbocycles. The monoisotopic (exact) mass is 467 g/mol. The standard InChI is InChI=1S/C26H28NO.Tc/c1-4-25(21-11-7-5-8-12-21)26(22-13-9-6-10-14-22)23-15-17-24(18-16-23)28-20-19-27(2)3;/h5-18H,2,4,19-20H2,1,3H3;/b26-25-;. The van der Waals surface area contributed by atoms with Crippen molar-refractivity contribution in [3.05, 3.63) is 102 Å². The van der Waals surface area contributed by atoms with Gasteiger partial charge in [0.1, 0.15) is 0 Å². The van der Waals surface area contributed by atoms with Gasteiger partial charge in [-0.1, -0.05) is 55.5 Å². The minimum atomic E-state index is 0.699. The molecule has 0 bridgehead atoms. The van der Waals surface area contributed by atoms with E-state index in [2.05, 4.69) is 123 Å². The Bertz CT molecular complexity index is 904. The van der Waals surface area contributed by atoms with E-state index in [1.807, 2.05) is 0 Å². The van der Waals surface area contributed by atoms with Gasteiger partial charge in [-0.25, -0.2) is 0 Å². The Morgan fingerprint density at radius 3 is 1.90 bits per heavy atom. The summed E-state index contributed by atoms with van der Waals surface area (Å²) in [5.41, 5.74) is 6.37. The van der Waals surface area contributed by atoms with Gasteiger partial charge in [-0.05, 0) is 0 Å². The number of ether oxygens (including phenoxy) is 1. The van der Waals surface area contributed by atoms with Crippen LogP contribution < -0.4 is 4.74 Å². The van der Waals surface area contributed by atoms with Crippen LogP contribution in [0.3, 0.4) is 0 Å². The van der Waals surface area contributed by atoms with Gasteiger partial charge in [-0.15, -0.1) is 0 Å². The fraction of sp³-hybridized carbons (Fsp3) is 0.231. The molecule has 0 spiro atoms. The number of hydrogen-bond donors (Lipinski definition) is 0. The Hall–Kier alpha value is -2.19. The average molecular weight is 469 g/mol. The molecule has 0 amide bonds. The molecule has 0 aromatic heterocycles. The van der Waals surface area contributed by atoms with Crippen molar-refractivity contribution in [1.82, 2.24) is 4.90 Å². The van der Waals surface area contributed by atoms with Crippen LogP contribution in [0.5, 0.6) is 5.75 Å². The smallest absolute Gasteiger partial charge is 0.0622 e. The number of hydrogen-bond acceptors (Lipinski definition) is 2. The van der Waals surface area contributed by atoms with Crippen molar-refractivity contribution >= 4 is 11.1 Å². The molecular weight excluding hydrogens is 440 g/mol. The van der Waals surface area contributed by atoms with Crippen molar-refractivity contribution in [3.63, 3.8) is 0 Å². The van der Waals surface area contributed by atoms with Crippen LogP contribution in [-0.2, 0) is 18.9 Å². The molecule has 0 fully saturated rings. The summed E-state index contributed by atoms with van der Waals surface area (Å²) in [6.07, 6.45) is 0.967. The number of allylic oxidation sites excluding steroid dienone is 1. The Kier molecular flexibility index (Phi) is 8.24. The molecule has 150 valence electrons. The third kappa shape index (κ3) is 5.90. The molecule has 0 N–H and O–H groups in total. The van der Waals surface area contributed by atoms with E-state index < -0.39 is 0 Å². The maximum absolute atomic E-state index is 5.93. The molecule has 0 saturated heterocycles. The average Bonchev–Trinajstić information content (AvgIpc) is 2.79. The number of rotatable bonds is 9. The minimum absolute atomic E-state index is 0.699. The van der Waals surface area contributed by atoms with Gasteiger partial charge in [0.05, 0.1) is 0 Å². The van der Waals surface area contributed by atoms with Crippen LogP contribution in [0.4, 0.5) is 0 Å². The fourth-order valence-corrected chi connectivity index (χ4v) is 3.68. The first-order valence-electron chi connectivity index (χ1n) is 10.0. The van der Waals surface area contributed by atoms with Crippen LogP contribution in [0, 0.1) is 0 Å². The summed E-state index contributed by atoms with van der Waals surface area (Å²) in [5, 5.41) is 1.00. The Morgan fingerprint density at radius 2 is 1.34 bits per heavy atom. The third-order valence-electron chi connectivity index (χ3n) is 4.93. The van der Waals surface area contributed by atoms with Crippen LogP contribution >= 0.6 is 0 Å². The molecule has 3 aromatic rings. The second-order valence-electron chi connectivity index (χ2n) is 7.01. The van der Waals surface area contributed by atoms with Crippen molar-refractivity contribution in [1.29, 1.82) is 0 Å².